The molecule has 6 heteroatoms. The molecule has 0 radical (unpaired) electrons. The van der Waals surface area contributed by atoms with E-state index in [9.17, 15) is 9.59 Å². The highest BCUT2D eigenvalue weighted by atomic mass is 32.1. The first-order valence-electron chi connectivity index (χ1n) is 8.96. The van der Waals surface area contributed by atoms with Crippen molar-refractivity contribution in [2.24, 2.45) is 0 Å². The van der Waals surface area contributed by atoms with Crippen LogP contribution < -0.4 is 0 Å². The molecule has 1 aliphatic rings. The Morgan fingerprint density at radius 1 is 1.22 bits per heavy atom. The maximum atomic E-state index is 11.1. The summed E-state index contributed by atoms with van der Waals surface area (Å²) >= 11 is 1.73. The second-order valence-corrected chi connectivity index (χ2v) is 8.06. The lowest BCUT2D eigenvalue weighted by Crippen LogP contribution is -2.25. The SMILES string of the molecule is Cc1c(CN(C=O)C=O)nc2sc3c(c2c1-c1ccccc1)CCN(C)C3. The number of fused-ring (bicyclic) bond motifs is 3. The number of thiophene rings is 1. The van der Waals surface area contributed by atoms with Crippen LogP contribution in [0.25, 0.3) is 21.3 Å². The highest BCUT2D eigenvalue weighted by Crippen LogP contribution is 2.42. The summed E-state index contributed by atoms with van der Waals surface area (Å²) in [6.07, 6.45) is 2.12. The zero-order chi connectivity index (χ0) is 19.0. The fraction of sp³-hybridized carbons (Fsp3) is 0.286. The topological polar surface area (TPSA) is 53.5 Å². The van der Waals surface area contributed by atoms with E-state index in [1.807, 2.05) is 25.1 Å². The molecular formula is C21H21N3O2S. The number of hydrogen-bond donors (Lipinski definition) is 0. The quantitative estimate of drug-likeness (QED) is 0.638. The van der Waals surface area contributed by atoms with Gasteiger partial charge in [-0.25, -0.2) is 4.98 Å². The summed E-state index contributed by atoms with van der Waals surface area (Å²) in [7, 11) is 2.14. The molecule has 0 bridgehead atoms. The molecular weight excluding hydrogens is 358 g/mol. The van der Waals surface area contributed by atoms with Crippen molar-refractivity contribution in [1.29, 1.82) is 0 Å². The van der Waals surface area contributed by atoms with E-state index in [2.05, 4.69) is 24.1 Å². The van der Waals surface area contributed by atoms with Gasteiger partial charge in [0.2, 0.25) is 12.8 Å². The van der Waals surface area contributed by atoms with Gasteiger partial charge in [0.05, 0.1) is 12.2 Å². The predicted octanol–water partition coefficient (Wildman–Crippen LogP) is 3.37. The van der Waals surface area contributed by atoms with Gasteiger partial charge in [-0.05, 0) is 42.6 Å². The number of hydrogen-bond acceptors (Lipinski definition) is 5. The van der Waals surface area contributed by atoms with Crippen molar-refractivity contribution in [1.82, 2.24) is 14.8 Å². The maximum absolute atomic E-state index is 11.1. The van der Waals surface area contributed by atoms with Crippen LogP contribution >= 0.6 is 11.3 Å². The summed E-state index contributed by atoms with van der Waals surface area (Å²) in [5.74, 6) is 0. The molecule has 0 N–H and O–H groups in total. The van der Waals surface area contributed by atoms with Crippen LogP contribution in [0.15, 0.2) is 30.3 Å². The van der Waals surface area contributed by atoms with Gasteiger partial charge in [0, 0.05) is 23.4 Å². The molecule has 1 aliphatic heterocycles. The molecule has 0 spiro atoms. The standard InChI is InChI=1S/C21H21N3O2S/c1-14-17(10-24(12-25)13-26)22-21-20(19(14)15-6-4-3-5-7-15)16-8-9-23(2)11-18(16)27-21/h3-7,12-13H,8-11H2,1-2H3. The van der Waals surface area contributed by atoms with Crippen LogP contribution in [0, 0.1) is 6.92 Å². The van der Waals surface area contributed by atoms with Gasteiger partial charge in [-0.1, -0.05) is 30.3 Å². The number of amides is 2. The minimum Gasteiger partial charge on any atom is -0.301 e. The molecule has 4 rings (SSSR count). The van der Waals surface area contributed by atoms with Crippen LogP contribution in [0.3, 0.4) is 0 Å². The van der Waals surface area contributed by atoms with Crippen LogP contribution in [0.1, 0.15) is 21.7 Å². The Morgan fingerprint density at radius 2 is 1.96 bits per heavy atom. The average molecular weight is 379 g/mol. The van der Waals surface area contributed by atoms with Gasteiger partial charge in [0.25, 0.3) is 0 Å². The summed E-state index contributed by atoms with van der Waals surface area (Å²) in [6.45, 7) is 4.21. The van der Waals surface area contributed by atoms with Gasteiger partial charge in [0.1, 0.15) is 4.83 Å². The molecule has 0 saturated carbocycles. The van der Waals surface area contributed by atoms with E-state index < -0.39 is 0 Å². The molecule has 0 aliphatic carbocycles. The lowest BCUT2D eigenvalue weighted by Gasteiger charge is -2.23. The Balaban J connectivity index is 1.99. The molecule has 3 aromatic rings. The Labute approximate surface area is 162 Å². The molecule has 1 aromatic carbocycles. The lowest BCUT2D eigenvalue weighted by atomic mass is 9.92. The summed E-state index contributed by atoms with van der Waals surface area (Å²) in [4.78, 5) is 32.9. The first-order chi connectivity index (χ1) is 13.1. The number of benzene rings is 1. The summed E-state index contributed by atoms with van der Waals surface area (Å²) in [6, 6.07) is 10.3. The largest absolute Gasteiger partial charge is 0.301 e. The maximum Gasteiger partial charge on any atom is 0.216 e. The minimum absolute atomic E-state index is 0.192. The van der Waals surface area contributed by atoms with Crippen LogP contribution in [-0.4, -0.2) is 41.2 Å². The average Bonchev–Trinajstić information content (AvgIpc) is 3.03. The monoisotopic (exact) mass is 379 g/mol. The first-order valence-corrected chi connectivity index (χ1v) is 9.78. The van der Waals surface area contributed by atoms with E-state index in [-0.39, 0.29) is 6.54 Å². The molecule has 3 heterocycles. The Morgan fingerprint density at radius 3 is 2.67 bits per heavy atom. The van der Waals surface area contributed by atoms with E-state index in [4.69, 9.17) is 4.98 Å². The van der Waals surface area contributed by atoms with E-state index >= 15 is 0 Å². The fourth-order valence-corrected chi connectivity index (χ4v) is 5.11. The molecule has 2 aromatic heterocycles. The van der Waals surface area contributed by atoms with Gasteiger partial charge >= 0.3 is 0 Å². The van der Waals surface area contributed by atoms with Crippen molar-refractivity contribution >= 4 is 34.4 Å². The third-order valence-corrected chi connectivity index (χ3v) is 6.30. The van der Waals surface area contributed by atoms with Crippen molar-refractivity contribution in [3.05, 3.63) is 52.0 Å². The highest BCUT2D eigenvalue weighted by molar-refractivity contribution is 7.19. The number of aromatic nitrogens is 1. The second kappa shape index (κ2) is 7.21. The molecule has 0 unspecified atom stereocenters. The number of rotatable bonds is 5. The molecule has 0 atom stereocenters. The van der Waals surface area contributed by atoms with Gasteiger partial charge < -0.3 is 4.90 Å². The highest BCUT2D eigenvalue weighted by Gasteiger charge is 2.24. The van der Waals surface area contributed by atoms with Gasteiger partial charge in [-0.2, -0.15) is 0 Å². The van der Waals surface area contributed by atoms with Crippen molar-refractivity contribution in [3.63, 3.8) is 0 Å². The van der Waals surface area contributed by atoms with Crippen LogP contribution in [-0.2, 0) is 29.1 Å². The molecule has 0 saturated heterocycles. The van der Waals surface area contributed by atoms with Crippen LogP contribution in [0.2, 0.25) is 0 Å². The third kappa shape index (κ3) is 3.15. The second-order valence-electron chi connectivity index (χ2n) is 6.98. The summed E-state index contributed by atoms with van der Waals surface area (Å²) < 4.78 is 0. The van der Waals surface area contributed by atoms with Crippen molar-refractivity contribution < 1.29 is 9.59 Å². The summed E-state index contributed by atoms with van der Waals surface area (Å²) in [5, 5.41) is 1.24. The van der Waals surface area contributed by atoms with Crippen LogP contribution in [0.5, 0.6) is 0 Å². The first kappa shape index (κ1) is 17.8. The zero-order valence-electron chi connectivity index (χ0n) is 15.4. The molecule has 27 heavy (non-hydrogen) atoms. The molecule has 5 nitrogen and oxygen atoms in total. The van der Waals surface area contributed by atoms with E-state index in [1.54, 1.807) is 11.3 Å². The van der Waals surface area contributed by atoms with Crippen molar-refractivity contribution in [2.75, 3.05) is 13.6 Å². The summed E-state index contributed by atoms with van der Waals surface area (Å²) in [5.41, 5.74) is 5.52. The number of carbonyl (C=O) groups is 2. The normalized spacial score (nSPS) is 14.1. The number of imide groups is 1. The smallest absolute Gasteiger partial charge is 0.216 e. The molecule has 0 fully saturated rings. The number of nitrogens with zero attached hydrogens (tertiary/aromatic N) is 3. The molecule has 2 amide bonds. The number of carbonyl (C=O) groups excluding carboxylic acids is 2. The van der Waals surface area contributed by atoms with Gasteiger partial charge in [-0.15, -0.1) is 11.3 Å². The fourth-order valence-electron chi connectivity index (χ4n) is 3.78. The van der Waals surface area contributed by atoms with Gasteiger partial charge in [-0.3, -0.25) is 14.5 Å². The third-order valence-electron chi connectivity index (χ3n) is 5.19. The Kier molecular flexibility index (Phi) is 4.76. The van der Waals surface area contributed by atoms with E-state index in [1.165, 1.54) is 21.4 Å². The Bertz CT molecular complexity index is 1010. The number of likely N-dealkylation sites (N-methyl/N-ethyl adjacent to an activating group) is 1. The zero-order valence-corrected chi connectivity index (χ0v) is 16.3. The minimum atomic E-state index is 0.192. The lowest BCUT2D eigenvalue weighted by molar-refractivity contribution is -0.129. The van der Waals surface area contributed by atoms with Crippen molar-refractivity contribution in [2.45, 2.75) is 26.4 Å². The van der Waals surface area contributed by atoms with E-state index in [0.717, 1.165) is 46.1 Å². The Hall–Kier alpha value is -2.57. The van der Waals surface area contributed by atoms with Gasteiger partial charge in [0.15, 0.2) is 0 Å². The number of pyridine rings is 1. The van der Waals surface area contributed by atoms with Crippen molar-refractivity contribution in [3.8, 4) is 11.1 Å². The van der Waals surface area contributed by atoms with Crippen LogP contribution in [0.4, 0.5) is 0 Å². The molecule has 138 valence electrons. The predicted molar refractivity (Wildman–Crippen MR) is 108 cm³/mol. The van der Waals surface area contributed by atoms with E-state index in [0.29, 0.717) is 12.8 Å².